The number of benzene rings is 1. The predicted molar refractivity (Wildman–Crippen MR) is 142 cm³/mol. The second-order valence-electron chi connectivity index (χ2n) is 10.6. The highest BCUT2D eigenvalue weighted by molar-refractivity contribution is 8.10. The Bertz CT molecular complexity index is 787. The maximum Gasteiger partial charge on any atom is 0.254 e. The zero-order valence-electron chi connectivity index (χ0n) is 20.7. The van der Waals surface area contributed by atoms with Crippen LogP contribution in [0.3, 0.4) is 0 Å². The average Bonchev–Trinajstić information content (AvgIpc) is 2.72. The summed E-state index contributed by atoms with van der Waals surface area (Å²) in [6, 6.07) is 7.29. The van der Waals surface area contributed by atoms with Gasteiger partial charge in [-0.15, -0.1) is 0 Å². The van der Waals surface area contributed by atoms with Crippen LogP contribution in [0.25, 0.3) is 0 Å². The Kier molecular flexibility index (Phi) is 11.0. The van der Waals surface area contributed by atoms with E-state index in [1.54, 1.807) is 0 Å². The number of carbonyl (C=O) groups excluding carboxylic acids is 1. The third kappa shape index (κ3) is 9.10. The third-order valence-corrected chi connectivity index (χ3v) is 7.41. The van der Waals surface area contributed by atoms with E-state index in [-0.39, 0.29) is 21.8 Å². The van der Waals surface area contributed by atoms with Crippen molar-refractivity contribution in [2.45, 2.75) is 104 Å². The van der Waals surface area contributed by atoms with Crippen molar-refractivity contribution in [2.24, 2.45) is 22.3 Å². The molecule has 1 saturated carbocycles. The summed E-state index contributed by atoms with van der Waals surface area (Å²) in [6.45, 7) is 8.62. The van der Waals surface area contributed by atoms with E-state index >= 15 is 0 Å². The molecule has 0 aliphatic heterocycles. The van der Waals surface area contributed by atoms with E-state index in [1.807, 2.05) is 18.2 Å². The molecule has 7 heteroatoms. The van der Waals surface area contributed by atoms with Crippen LogP contribution < -0.4 is 15.7 Å². The van der Waals surface area contributed by atoms with Crippen molar-refractivity contribution in [3.05, 3.63) is 29.8 Å². The molecule has 0 saturated heterocycles. The van der Waals surface area contributed by atoms with Crippen LogP contribution in [0.2, 0.25) is 0 Å². The van der Waals surface area contributed by atoms with Gasteiger partial charge in [0, 0.05) is 0 Å². The van der Waals surface area contributed by atoms with E-state index in [1.165, 1.54) is 32.1 Å². The van der Waals surface area contributed by atoms with E-state index in [4.69, 9.17) is 32.6 Å². The number of rotatable bonds is 12. The largest absolute Gasteiger partial charge is 0.468 e. The van der Waals surface area contributed by atoms with Crippen LogP contribution in [0.1, 0.15) is 91.0 Å². The van der Waals surface area contributed by atoms with Gasteiger partial charge in [-0.25, -0.2) is 0 Å². The van der Waals surface area contributed by atoms with Crippen molar-refractivity contribution in [3.63, 3.8) is 0 Å². The monoisotopic (exact) mass is 494 g/mol. The molecule has 1 aliphatic carbocycles. The maximum atomic E-state index is 13.1. The lowest BCUT2D eigenvalue weighted by molar-refractivity contribution is -0.117. The molecule has 33 heavy (non-hydrogen) atoms. The minimum Gasteiger partial charge on any atom is -0.468 e. The fourth-order valence-electron chi connectivity index (χ4n) is 5.24. The number of carbonyl (C=O) groups is 1. The summed E-state index contributed by atoms with van der Waals surface area (Å²) in [5.41, 5.74) is 12.8. The smallest absolute Gasteiger partial charge is 0.254 e. The highest BCUT2D eigenvalue weighted by Crippen LogP contribution is 2.49. The van der Waals surface area contributed by atoms with Crippen LogP contribution in [0, 0.1) is 10.8 Å². The van der Waals surface area contributed by atoms with Crippen LogP contribution in [0.4, 0.5) is 0 Å². The fourth-order valence-corrected chi connectivity index (χ4v) is 6.10. The predicted octanol–water partition coefficient (Wildman–Crippen LogP) is 6.32. The first-order chi connectivity index (χ1) is 15.6. The molecule has 0 spiro atoms. The summed E-state index contributed by atoms with van der Waals surface area (Å²) in [4.78, 5) is 13.1. The normalized spacial score (nSPS) is 23.0. The van der Waals surface area contributed by atoms with Crippen LogP contribution in [0.15, 0.2) is 24.3 Å². The first-order valence-corrected chi connectivity index (χ1v) is 13.4. The summed E-state index contributed by atoms with van der Waals surface area (Å²) in [7, 11) is 0. The molecule has 5 nitrogen and oxygen atoms in total. The molecule has 0 radical (unpaired) electrons. The molecular weight excluding hydrogens is 452 g/mol. The standard InChI is InChI=1S/C26H42N2O3S2/c1-5-6-7-8-9-10-13-19-14-11-12-15-21(19)31-33-23(29)22(27)26(4)17-20(30-24(28)32)16-25(2,3)18-26/h11-12,14-15,20,22H,5-10,13,16-18,27H2,1-4H3,(H2,28,32). The Morgan fingerprint density at radius 1 is 1.15 bits per heavy atom. The topological polar surface area (TPSA) is 87.6 Å². The number of ether oxygens (including phenoxy) is 1. The van der Waals surface area contributed by atoms with Crippen LogP contribution in [-0.4, -0.2) is 22.4 Å². The van der Waals surface area contributed by atoms with Crippen LogP contribution in [-0.2, 0) is 16.0 Å². The van der Waals surface area contributed by atoms with E-state index in [0.717, 1.165) is 49.0 Å². The average molecular weight is 495 g/mol. The minimum atomic E-state index is -0.676. The number of para-hydroxylation sites is 1. The van der Waals surface area contributed by atoms with Gasteiger partial charge >= 0.3 is 0 Å². The Hall–Kier alpha value is -1.31. The van der Waals surface area contributed by atoms with Gasteiger partial charge in [-0.2, -0.15) is 0 Å². The van der Waals surface area contributed by atoms with E-state index in [9.17, 15) is 4.79 Å². The zero-order chi connectivity index (χ0) is 24.5. The number of hydrogen-bond donors (Lipinski definition) is 2. The minimum absolute atomic E-state index is 0.0321. The highest BCUT2D eigenvalue weighted by atomic mass is 32.2. The summed E-state index contributed by atoms with van der Waals surface area (Å²) in [6.07, 6.45) is 10.6. The van der Waals surface area contributed by atoms with E-state index in [2.05, 4.69) is 33.8 Å². The van der Waals surface area contributed by atoms with Gasteiger partial charge in [0.2, 0.25) is 5.12 Å². The molecule has 1 aromatic carbocycles. The van der Waals surface area contributed by atoms with Gasteiger partial charge in [-0.1, -0.05) is 78.0 Å². The molecule has 0 amide bonds. The van der Waals surface area contributed by atoms with Crippen molar-refractivity contribution < 1.29 is 13.7 Å². The Morgan fingerprint density at radius 2 is 1.82 bits per heavy atom. The Balaban J connectivity index is 1.95. The molecule has 0 bridgehead atoms. The summed E-state index contributed by atoms with van der Waals surface area (Å²) < 4.78 is 11.6. The fraction of sp³-hybridized carbons (Fsp3) is 0.692. The number of unbranched alkanes of at least 4 members (excludes halogenated alkanes) is 5. The van der Waals surface area contributed by atoms with Crippen LogP contribution >= 0.6 is 24.3 Å². The van der Waals surface area contributed by atoms with Gasteiger partial charge in [0.1, 0.15) is 23.9 Å². The van der Waals surface area contributed by atoms with E-state index in [0.29, 0.717) is 6.42 Å². The molecule has 1 aliphatic rings. The lowest BCUT2D eigenvalue weighted by Gasteiger charge is -2.48. The third-order valence-electron chi connectivity index (χ3n) is 6.63. The molecule has 3 unspecified atom stereocenters. The zero-order valence-corrected chi connectivity index (χ0v) is 22.4. The van der Waals surface area contributed by atoms with Crippen LogP contribution in [0.5, 0.6) is 5.75 Å². The first kappa shape index (κ1) is 27.9. The van der Waals surface area contributed by atoms with Gasteiger partial charge in [0.05, 0.1) is 6.04 Å². The molecule has 3 atom stereocenters. The lowest BCUT2D eigenvalue weighted by atomic mass is 9.61. The Morgan fingerprint density at radius 3 is 2.52 bits per heavy atom. The quantitative estimate of drug-likeness (QED) is 0.200. The van der Waals surface area contributed by atoms with Crippen molar-refractivity contribution in [2.75, 3.05) is 0 Å². The summed E-state index contributed by atoms with van der Waals surface area (Å²) in [5, 5.41) is -0.127. The van der Waals surface area contributed by atoms with Crippen molar-refractivity contribution in [1.29, 1.82) is 0 Å². The second kappa shape index (κ2) is 13.0. The van der Waals surface area contributed by atoms with Gasteiger partial charge in [-0.05, 0) is 66.8 Å². The van der Waals surface area contributed by atoms with Gasteiger partial charge in [0.15, 0.2) is 0 Å². The summed E-state index contributed by atoms with van der Waals surface area (Å²) in [5.74, 6) is 0.750. The molecule has 186 valence electrons. The number of nitrogens with two attached hydrogens (primary N) is 2. The number of aryl methyl sites for hydroxylation is 1. The molecule has 0 heterocycles. The molecule has 1 fully saturated rings. The molecule has 2 rings (SSSR count). The van der Waals surface area contributed by atoms with Crippen molar-refractivity contribution >= 4 is 34.6 Å². The summed E-state index contributed by atoms with van der Waals surface area (Å²) >= 11 is 5.80. The molecule has 4 N–H and O–H groups in total. The molecule has 0 aromatic heterocycles. The molecule has 1 aromatic rings. The first-order valence-electron chi connectivity index (χ1n) is 12.2. The SMILES string of the molecule is CCCCCCCCc1ccccc1OSC(=O)C(N)C1(C)CC(OC(N)=S)CC(C)(C)C1. The second-order valence-corrected chi connectivity index (χ2v) is 11.7. The number of thiocarbonyl (C=S) groups is 1. The van der Waals surface area contributed by atoms with Gasteiger partial charge in [0.25, 0.3) is 5.17 Å². The van der Waals surface area contributed by atoms with Crippen molar-refractivity contribution in [3.8, 4) is 5.75 Å². The lowest BCUT2D eigenvalue weighted by Crippen LogP contribution is -2.52. The molecular formula is C26H42N2O3S2. The van der Waals surface area contributed by atoms with Crippen molar-refractivity contribution in [1.82, 2.24) is 0 Å². The Labute approximate surface area is 209 Å². The van der Waals surface area contributed by atoms with Gasteiger partial charge in [-0.3, -0.25) is 4.79 Å². The van der Waals surface area contributed by atoms with Gasteiger partial charge < -0.3 is 20.4 Å². The maximum absolute atomic E-state index is 13.1. The number of hydrogen-bond acceptors (Lipinski definition) is 6. The highest BCUT2D eigenvalue weighted by Gasteiger charge is 2.48. The van der Waals surface area contributed by atoms with E-state index < -0.39 is 11.5 Å².